The van der Waals surface area contributed by atoms with Crippen molar-refractivity contribution < 1.29 is 107 Å². The molecule has 0 radical (unpaired) electrons. The molecule has 8 heterocycles. The predicted octanol–water partition coefficient (Wildman–Crippen LogP) is 17.2. The predicted molar refractivity (Wildman–Crippen MR) is 577 cm³/mol. The third-order valence-corrected chi connectivity index (χ3v) is 26.3. The minimum atomic E-state index is -1.65. The average molecular weight is 2030 g/mol. The highest BCUT2D eigenvalue weighted by Crippen LogP contribution is 2.51. The summed E-state index contributed by atoms with van der Waals surface area (Å²) in [5, 5.41) is 82.2. The lowest BCUT2D eigenvalue weighted by Crippen LogP contribution is -2.59. The minimum absolute atomic E-state index is 0. The van der Waals surface area contributed by atoms with Crippen LogP contribution in [-0.2, 0) is 100 Å². The molecule has 4 aliphatic heterocycles. The number of hydrazine groups is 2. The molecule has 0 aliphatic carbocycles. The topological polar surface area (TPSA) is 394 Å². The Hall–Kier alpha value is -14.2. The van der Waals surface area contributed by atoms with Crippen LogP contribution in [0.3, 0.4) is 0 Å². The maximum atomic E-state index is 15.8. The van der Waals surface area contributed by atoms with E-state index in [-0.39, 0.29) is 76.7 Å². The lowest BCUT2D eigenvalue weighted by atomic mass is 9.95. The van der Waals surface area contributed by atoms with Gasteiger partial charge in [-0.1, -0.05) is 330 Å². The highest BCUT2D eigenvalue weighted by atomic mass is 16.6. The first-order chi connectivity index (χ1) is 72.7. The Balaban J connectivity index is 0.000000209. The molecule has 30 heteroatoms. The summed E-state index contributed by atoms with van der Waals surface area (Å²) >= 11 is 0. The summed E-state index contributed by atoms with van der Waals surface area (Å²) in [6.45, 7) is 1.85. The summed E-state index contributed by atoms with van der Waals surface area (Å²) in [6.07, 6.45) is -11.3. The van der Waals surface area contributed by atoms with E-state index >= 15 is 9.59 Å². The van der Waals surface area contributed by atoms with Crippen molar-refractivity contribution in [2.75, 3.05) is 68.1 Å². The van der Waals surface area contributed by atoms with Crippen molar-refractivity contribution in [3.05, 3.63) is 406 Å². The van der Waals surface area contributed by atoms with Crippen molar-refractivity contribution in [1.29, 1.82) is 0 Å². The Kier molecular flexibility index (Phi) is 38.7. The second-order valence-electron chi connectivity index (χ2n) is 35.9. The minimum Gasteiger partial charge on any atom is -0.400 e. The van der Waals surface area contributed by atoms with E-state index in [1.807, 2.05) is 303 Å². The van der Waals surface area contributed by atoms with Gasteiger partial charge < -0.3 is 107 Å². The molecule has 2 fully saturated rings. The van der Waals surface area contributed by atoms with Crippen molar-refractivity contribution >= 4 is 111 Å². The van der Waals surface area contributed by atoms with Crippen LogP contribution in [0.25, 0.3) is 87.2 Å². The normalized spacial score (nSPS) is 18.2. The highest BCUT2D eigenvalue weighted by Gasteiger charge is 2.53. The molecule has 780 valence electrons. The van der Waals surface area contributed by atoms with Gasteiger partial charge in [0.05, 0.1) is 160 Å². The SMILES string of the molecule is C.C.CO.CO.COCc1ccccc1.COCc1ccccc1.O=C1c2c(c3c4ccccc4n(C4OC(CO)C(O)C(O)C4O)c3c3[nH]c4ccccc4c23)C(=O)N1NC(CO)CO.O=C1c2c(c3c4ccccc4n(C4OC(COCc5ccccc5)C(OCc5ccccc5)C(OCc5ccccc5)C4OCc4ccccc4)c3c3[nH]c4ccccc4c23)C(=O)N1NC(COCc1ccccc1)COCc1ccccc1. The van der Waals surface area contributed by atoms with E-state index in [9.17, 15) is 40.2 Å². The van der Waals surface area contributed by atoms with E-state index < -0.39 is 117 Å². The molecule has 14 aromatic carbocycles. The molecule has 150 heavy (non-hydrogen) atoms. The summed E-state index contributed by atoms with van der Waals surface area (Å²) in [6, 6.07) is 109. The number of H-pyrrole nitrogens is 2. The standard InChI is InChI=1S/C71H64N4O9.C29H28N4O9.2C8H10O.2CH4O.2CH4/c76-69-62-60-55-35-19-21-37-57(55)72-64(60)65-61(63(62)70(77)75(69)73-54(45-78-39-48-23-7-1-8-24-48)46-79-40-49-25-9-2-10-26-49)56-36-20-22-38-58(56)74(65)71-68(83-44-53-33-17-6-18-34-53)67(82-43-52-31-15-5-16-32-52)66(81-42-51-29-13-4-14-30-51)59(84-71)47-80-41-50-27-11-3-12-28-50;34-9-12(10-35)31-33-27(40)20-18-13-5-1-3-7-15(13)30-22(18)23-19(21(20)28(33)41)14-6-2-4-8-16(14)32(23)29-26(39)25(38)24(37)17(11-36)42-29;2*1-9-7-8-5-3-2-4-6-8;2*1-2;;/h1-38,54,59,66-68,71-73H,39-47H2;1-8,12,17,24-26,29-31,34-39H,9-11H2;2*2-6H,7H2,1H3;2*2H,1H3;2*1H4. The van der Waals surface area contributed by atoms with Crippen LogP contribution in [-0.4, -0.2) is 223 Å². The first-order valence-corrected chi connectivity index (χ1v) is 48.9. The summed E-state index contributed by atoms with van der Waals surface area (Å²) in [5.41, 5.74) is 20.0. The van der Waals surface area contributed by atoms with Crippen LogP contribution in [0.5, 0.6) is 0 Å². The molecule has 12 N–H and O–H groups in total. The van der Waals surface area contributed by atoms with Crippen molar-refractivity contribution in [1.82, 2.24) is 40.0 Å². The molecule has 22 rings (SSSR count). The number of nitrogens with zero attached hydrogens (tertiary/aromatic N) is 4. The number of fused-ring (bicyclic) bond motifs is 20. The number of imide groups is 2. The fraction of sp³-hybridized carbons (Fsp3) is 0.267. The smallest absolute Gasteiger partial charge is 0.276 e. The van der Waals surface area contributed by atoms with Gasteiger partial charge in [0, 0.05) is 82.6 Å². The molecule has 30 nitrogen and oxygen atoms in total. The largest absolute Gasteiger partial charge is 0.400 e. The van der Waals surface area contributed by atoms with Crippen molar-refractivity contribution in [3.63, 3.8) is 0 Å². The summed E-state index contributed by atoms with van der Waals surface area (Å²) < 4.78 is 68.3. The van der Waals surface area contributed by atoms with Crippen LogP contribution in [0.1, 0.15) is 113 Å². The van der Waals surface area contributed by atoms with Gasteiger partial charge in [-0.2, -0.15) is 0 Å². The van der Waals surface area contributed by atoms with Crippen LogP contribution < -0.4 is 10.9 Å². The number of amides is 4. The summed E-state index contributed by atoms with van der Waals surface area (Å²) in [7, 11) is 5.40. The molecule has 0 bridgehead atoms. The number of nitrogens with one attached hydrogen (secondary N) is 4. The third kappa shape index (κ3) is 23.8. The van der Waals surface area contributed by atoms with Gasteiger partial charge in [-0.15, -0.1) is 0 Å². The summed E-state index contributed by atoms with van der Waals surface area (Å²) in [5.74, 6) is -2.35. The van der Waals surface area contributed by atoms with E-state index in [1.165, 1.54) is 11.1 Å². The second-order valence-corrected chi connectivity index (χ2v) is 35.9. The number of aromatic nitrogens is 4. The van der Waals surface area contributed by atoms with Gasteiger partial charge >= 0.3 is 0 Å². The number of aromatic amines is 2. The number of aliphatic hydroxyl groups excluding tert-OH is 8. The molecule has 2 saturated heterocycles. The molecule has 0 spiro atoms. The zero-order chi connectivity index (χ0) is 103. The van der Waals surface area contributed by atoms with Gasteiger partial charge in [0.25, 0.3) is 23.6 Å². The van der Waals surface area contributed by atoms with E-state index in [4.69, 9.17) is 57.6 Å². The van der Waals surface area contributed by atoms with Gasteiger partial charge in [-0.05, 0) is 68.8 Å². The number of hydrogen-bond donors (Lipinski definition) is 12. The monoisotopic (exact) mass is 2030 g/mol. The molecule has 0 saturated carbocycles. The van der Waals surface area contributed by atoms with E-state index in [1.54, 1.807) is 55.2 Å². The Morgan fingerprint density at radius 3 is 0.987 bits per heavy atom. The van der Waals surface area contributed by atoms with E-state index in [0.717, 1.165) is 79.4 Å². The van der Waals surface area contributed by atoms with Gasteiger partial charge in [0.2, 0.25) is 0 Å². The fourth-order valence-corrected chi connectivity index (χ4v) is 19.6. The Bertz CT molecular complexity index is 7350. The van der Waals surface area contributed by atoms with E-state index in [2.05, 4.69) is 25.4 Å². The number of benzene rings is 14. The van der Waals surface area contributed by atoms with Gasteiger partial charge in [0.15, 0.2) is 12.5 Å². The Labute approximate surface area is 869 Å². The quantitative estimate of drug-likeness (QED) is 0.0167. The molecule has 4 aromatic heterocycles. The van der Waals surface area contributed by atoms with Crippen LogP contribution >= 0.6 is 0 Å². The zero-order valence-electron chi connectivity index (χ0n) is 82.2. The van der Waals surface area contributed by atoms with Crippen molar-refractivity contribution in [3.8, 4) is 0 Å². The van der Waals surface area contributed by atoms with Gasteiger partial charge in [-0.25, -0.2) is 20.9 Å². The third-order valence-electron chi connectivity index (χ3n) is 26.3. The van der Waals surface area contributed by atoms with Crippen molar-refractivity contribution in [2.24, 2.45) is 0 Å². The fourth-order valence-electron chi connectivity index (χ4n) is 19.6. The molecule has 4 aliphatic rings. The number of hydrogen-bond acceptors (Lipinski definition) is 24. The number of aliphatic hydroxyl groups is 8. The van der Waals surface area contributed by atoms with Crippen LogP contribution in [0, 0.1) is 0 Å². The number of rotatable bonds is 34. The highest BCUT2D eigenvalue weighted by molar-refractivity contribution is 6.41. The van der Waals surface area contributed by atoms with E-state index in [0.29, 0.717) is 98.5 Å². The molecule has 10 unspecified atom stereocenters. The molecular weight excluding hydrogens is 1910 g/mol. The lowest BCUT2D eigenvalue weighted by molar-refractivity contribution is -0.288. The van der Waals surface area contributed by atoms with Crippen LogP contribution in [0.15, 0.2) is 340 Å². The molecule has 18 aromatic rings. The molecule has 10 atom stereocenters. The number of methoxy groups -OCH3 is 2. The molecular formula is C120H128N8O22. The average Bonchev–Trinajstić information content (AvgIpc) is 1.52. The van der Waals surface area contributed by atoms with Crippen LogP contribution in [0.4, 0.5) is 0 Å². The summed E-state index contributed by atoms with van der Waals surface area (Å²) in [4.78, 5) is 66.5. The number of para-hydroxylation sites is 4. The first kappa shape index (κ1) is 110. The Morgan fingerprint density at radius 1 is 0.320 bits per heavy atom. The maximum absolute atomic E-state index is 15.8. The van der Waals surface area contributed by atoms with Gasteiger partial charge in [0.1, 0.15) is 48.8 Å². The Morgan fingerprint density at radius 2 is 0.620 bits per heavy atom. The van der Waals surface area contributed by atoms with Crippen LogP contribution in [0.2, 0.25) is 0 Å². The number of carbonyl (C=O) groups is 4. The lowest BCUT2D eigenvalue weighted by Gasteiger charge is -2.47. The first-order valence-electron chi connectivity index (χ1n) is 48.9. The zero-order valence-corrected chi connectivity index (χ0v) is 82.2. The second kappa shape index (κ2) is 52.8. The number of ether oxygens (including phenoxy) is 10. The molecule has 4 amide bonds. The number of carbonyl (C=O) groups excluding carboxylic acids is 4. The van der Waals surface area contributed by atoms with Crippen molar-refractivity contribution in [2.45, 2.75) is 141 Å². The maximum Gasteiger partial charge on any atom is 0.276 e. The van der Waals surface area contributed by atoms with Gasteiger partial charge in [-0.3, -0.25) is 19.2 Å².